The fourth-order valence-electron chi connectivity index (χ4n) is 2.52. The molecule has 1 N–H and O–H groups in total. The van der Waals surface area contributed by atoms with Gasteiger partial charge in [-0.3, -0.25) is 4.79 Å². The molecule has 1 aliphatic heterocycles. The van der Waals surface area contributed by atoms with Gasteiger partial charge in [-0.05, 0) is 43.2 Å². The summed E-state index contributed by atoms with van der Waals surface area (Å²) in [5.74, 6) is -1.31. The summed E-state index contributed by atoms with van der Waals surface area (Å²) in [6.45, 7) is 2.13. The fraction of sp³-hybridized carbons (Fsp3) is 0.250. The van der Waals surface area contributed by atoms with Crippen molar-refractivity contribution in [3.8, 4) is 0 Å². The summed E-state index contributed by atoms with van der Waals surface area (Å²) in [5, 5.41) is 2.44. The van der Waals surface area contributed by atoms with Gasteiger partial charge in [-0.1, -0.05) is 11.6 Å². The number of pyridine rings is 1. The summed E-state index contributed by atoms with van der Waals surface area (Å²) in [6, 6.07) is 8.98. The number of amides is 1. The van der Waals surface area contributed by atoms with Crippen LogP contribution in [0.4, 0.5) is 15.8 Å². The number of nitrogens with zero attached hydrogens (tertiary/aromatic N) is 2. The Morgan fingerprint density at radius 1 is 1.18 bits per heavy atom. The van der Waals surface area contributed by atoms with Crippen LogP contribution in [0.1, 0.15) is 23.2 Å². The summed E-state index contributed by atoms with van der Waals surface area (Å²) in [7, 11) is 0. The van der Waals surface area contributed by atoms with Crippen LogP contribution in [0.15, 0.2) is 36.5 Å². The van der Waals surface area contributed by atoms with Crippen molar-refractivity contribution in [2.45, 2.75) is 12.8 Å². The van der Waals surface area contributed by atoms with E-state index in [0.29, 0.717) is 5.69 Å². The highest BCUT2D eigenvalue weighted by atomic mass is 35.5. The highest BCUT2D eigenvalue weighted by molar-refractivity contribution is 6.34. The minimum absolute atomic E-state index is 0.0674. The van der Waals surface area contributed by atoms with E-state index >= 15 is 0 Å². The molecule has 1 aromatic heterocycles. The molecule has 0 aliphatic carbocycles. The average molecular weight is 320 g/mol. The Kier molecular flexibility index (Phi) is 4.24. The van der Waals surface area contributed by atoms with Crippen LogP contribution in [0.25, 0.3) is 0 Å². The number of benzene rings is 1. The summed E-state index contributed by atoms with van der Waals surface area (Å²) in [6.07, 6.45) is 3.64. The number of halogens is 2. The topological polar surface area (TPSA) is 45.2 Å². The van der Waals surface area contributed by atoms with Gasteiger partial charge < -0.3 is 10.2 Å². The second-order valence-corrected chi connectivity index (χ2v) is 5.54. The molecule has 1 fully saturated rings. The molecule has 4 nitrogen and oxygen atoms in total. The molecule has 0 saturated carbocycles. The number of hydrogen-bond donors (Lipinski definition) is 1. The first-order chi connectivity index (χ1) is 10.6. The lowest BCUT2D eigenvalue weighted by molar-refractivity contribution is 0.102. The third-order valence-corrected chi connectivity index (χ3v) is 4.05. The molecule has 1 aliphatic rings. The molecular formula is C16H15ClFN3O. The predicted octanol–water partition coefficient (Wildman–Crippen LogP) is 3.73. The van der Waals surface area contributed by atoms with Crippen molar-refractivity contribution in [3.05, 3.63) is 53.1 Å². The van der Waals surface area contributed by atoms with Gasteiger partial charge in [0.2, 0.25) is 5.95 Å². The summed E-state index contributed by atoms with van der Waals surface area (Å²) >= 11 is 5.76. The van der Waals surface area contributed by atoms with Crippen molar-refractivity contribution < 1.29 is 9.18 Å². The quantitative estimate of drug-likeness (QED) is 0.877. The SMILES string of the molecule is O=C(Nc1ccc(N2CCCC2)cc1)c1ccnc(F)c1Cl. The Labute approximate surface area is 132 Å². The van der Waals surface area contributed by atoms with E-state index in [1.54, 1.807) is 0 Å². The van der Waals surface area contributed by atoms with E-state index in [4.69, 9.17) is 11.6 Å². The van der Waals surface area contributed by atoms with E-state index in [1.807, 2.05) is 24.3 Å². The normalized spacial score (nSPS) is 14.2. The Bertz CT molecular complexity index is 684. The number of rotatable bonds is 3. The summed E-state index contributed by atoms with van der Waals surface area (Å²) in [5.41, 5.74) is 1.85. The minimum atomic E-state index is -0.848. The van der Waals surface area contributed by atoms with Gasteiger partial charge in [0.25, 0.3) is 5.91 Å². The molecule has 1 saturated heterocycles. The van der Waals surface area contributed by atoms with Crippen LogP contribution >= 0.6 is 11.6 Å². The third kappa shape index (κ3) is 3.04. The van der Waals surface area contributed by atoms with Gasteiger partial charge in [0, 0.05) is 30.7 Å². The summed E-state index contributed by atoms with van der Waals surface area (Å²) < 4.78 is 13.3. The van der Waals surface area contributed by atoms with Crippen LogP contribution in [0.3, 0.4) is 0 Å². The van der Waals surface area contributed by atoms with Crippen LogP contribution in [0.5, 0.6) is 0 Å². The van der Waals surface area contributed by atoms with E-state index in [-0.39, 0.29) is 10.6 Å². The van der Waals surface area contributed by atoms with Crippen molar-refractivity contribution in [1.29, 1.82) is 0 Å². The second-order valence-electron chi connectivity index (χ2n) is 5.16. The number of hydrogen-bond acceptors (Lipinski definition) is 3. The molecule has 3 rings (SSSR count). The molecule has 1 amide bonds. The zero-order chi connectivity index (χ0) is 15.5. The monoisotopic (exact) mass is 319 g/mol. The Hall–Kier alpha value is -2.14. The van der Waals surface area contributed by atoms with Gasteiger partial charge in [0.05, 0.1) is 5.56 Å². The zero-order valence-corrected chi connectivity index (χ0v) is 12.6. The van der Waals surface area contributed by atoms with Crippen LogP contribution < -0.4 is 10.2 Å². The van der Waals surface area contributed by atoms with Crippen molar-refractivity contribution in [3.63, 3.8) is 0 Å². The maximum absolute atomic E-state index is 13.3. The highest BCUT2D eigenvalue weighted by Gasteiger charge is 2.15. The van der Waals surface area contributed by atoms with E-state index in [1.165, 1.54) is 25.1 Å². The van der Waals surface area contributed by atoms with E-state index in [2.05, 4.69) is 15.2 Å². The highest BCUT2D eigenvalue weighted by Crippen LogP contribution is 2.23. The molecule has 22 heavy (non-hydrogen) atoms. The van der Waals surface area contributed by atoms with Gasteiger partial charge in [0.15, 0.2) is 0 Å². The van der Waals surface area contributed by atoms with Gasteiger partial charge in [-0.25, -0.2) is 4.98 Å². The third-order valence-electron chi connectivity index (χ3n) is 3.69. The zero-order valence-electron chi connectivity index (χ0n) is 11.9. The molecule has 0 radical (unpaired) electrons. The molecule has 6 heteroatoms. The largest absolute Gasteiger partial charge is 0.372 e. The maximum atomic E-state index is 13.3. The smallest absolute Gasteiger partial charge is 0.257 e. The second kappa shape index (κ2) is 6.32. The van der Waals surface area contributed by atoms with E-state index in [9.17, 15) is 9.18 Å². The van der Waals surface area contributed by atoms with Crippen molar-refractivity contribution in [2.75, 3.05) is 23.3 Å². The lowest BCUT2D eigenvalue weighted by Gasteiger charge is -2.17. The maximum Gasteiger partial charge on any atom is 0.257 e. The fourth-order valence-corrected chi connectivity index (χ4v) is 2.72. The van der Waals surface area contributed by atoms with E-state index in [0.717, 1.165) is 18.8 Å². The molecule has 1 aromatic carbocycles. The Balaban J connectivity index is 1.72. The van der Waals surface area contributed by atoms with Gasteiger partial charge in [0.1, 0.15) is 5.02 Å². The van der Waals surface area contributed by atoms with Crippen LogP contribution in [-0.4, -0.2) is 24.0 Å². The molecule has 0 unspecified atom stereocenters. The molecule has 0 spiro atoms. The standard InChI is InChI=1S/C16H15ClFN3O/c17-14-13(7-8-19-15(14)18)16(22)20-11-3-5-12(6-4-11)21-9-1-2-10-21/h3-8H,1-2,9-10H2,(H,20,22). The van der Waals surface area contributed by atoms with Crippen LogP contribution in [0, 0.1) is 5.95 Å². The van der Waals surface area contributed by atoms with Gasteiger partial charge in [-0.15, -0.1) is 0 Å². The Morgan fingerprint density at radius 2 is 1.86 bits per heavy atom. The number of nitrogens with one attached hydrogen (secondary N) is 1. The molecule has 2 aromatic rings. The number of carbonyl (C=O) groups is 1. The van der Waals surface area contributed by atoms with Gasteiger partial charge in [-0.2, -0.15) is 4.39 Å². The Morgan fingerprint density at radius 3 is 2.55 bits per heavy atom. The van der Waals surface area contributed by atoms with Crippen LogP contribution in [-0.2, 0) is 0 Å². The first kappa shape index (κ1) is 14.8. The molecule has 114 valence electrons. The van der Waals surface area contributed by atoms with Crippen LogP contribution in [0.2, 0.25) is 5.02 Å². The first-order valence-electron chi connectivity index (χ1n) is 7.11. The number of anilines is 2. The summed E-state index contributed by atoms with van der Waals surface area (Å²) in [4.78, 5) is 17.8. The molecular weight excluding hydrogens is 305 g/mol. The molecule has 2 heterocycles. The molecule has 0 bridgehead atoms. The average Bonchev–Trinajstić information content (AvgIpc) is 3.05. The lowest BCUT2D eigenvalue weighted by atomic mass is 10.2. The predicted molar refractivity (Wildman–Crippen MR) is 85.0 cm³/mol. The lowest BCUT2D eigenvalue weighted by Crippen LogP contribution is -2.17. The first-order valence-corrected chi connectivity index (χ1v) is 7.49. The van der Waals surface area contributed by atoms with Gasteiger partial charge >= 0.3 is 0 Å². The minimum Gasteiger partial charge on any atom is -0.372 e. The number of carbonyl (C=O) groups excluding carboxylic acids is 1. The number of aromatic nitrogens is 1. The van der Waals surface area contributed by atoms with Crippen molar-refractivity contribution >= 4 is 28.9 Å². The molecule has 0 atom stereocenters. The van der Waals surface area contributed by atoms with Crippen molar-refractivity contribution in [2.24, 2.45) is 0 Å². The van der Waals surface area contributed by atoms with Crippen molar-refractivity contribution in [1.82, 2.24) is 4.98 Å². The van der Waals surface area contributed by atoms with E-state index < -0.39 is 11.9 Å².